The molecule has 1 atom stereocenters. The van der Waals surface area contributed by atoms with Crippen LogP contribution in [0.1, 0.15) is 34.1 Å². The van der Waals surface area contributed by atoms with Crippen molar-refractivity contribution in [3.8, 4) is 0 Å². The van der Waals surface area contributed by atoms with Gasteiger partial charge in [-0.05, 0) is 31.0 Å². The first-order chi connectivity index (χ1) is 8.11. The number of benzene rings is 1. The molecule has 4 heteroatoms. The predicted molar refractivity (Wildman–Crippen MR) is 76.4 cm³/mol. The van der Waals surface area contributed by atoms with Crippen LogP contribution in [0.25, 0.3) is 0 Å². The van der Waals surface area contributed by atoms with Gasteiger partial charge in [0.2, 0.25) is 0 Å². The van der Waals surface area contributed by atoms with Gasteiger partial charge in [0.05, 0.1) is 11.7 Å². The Balaban J connectivity index is 2.33. The highest BCUT2D eigenvalue weighted by molar-refractivity contribution is 9.10. The van der Waals surface area contributed by atoms with Crippen molar-refractivity contribution in [1.29, 1.82) is 0 Å². The van der Waals surface area contributed by atoms with E-state index in [1.54, 1.807) is 11.3 Å². The number of rotatable bonds is 3. The number of hydrogen-bond donors (Lipinski definition) is 1. The molecule has 0 saturated heterocycles. The molecule has 2 rings (SSSR count). The Kier molecular flexibility index (Phi) is 3.97. The first-order valence-electron chi connectivity index (χ1n) is 5.59. The van der Waals surface area contributed by atoms with Gasteiger partial charge in [-0.3, -0.25) is 0 Å². The maximum Gasteiger partial charge on any atom is 0.114 e. The normalized spacial score (nSPS) is 12.7. The second-order valence-corrected chi connectivity index (χ2v) is 6.09. The first kappa shape index (κ1) is 12.7. The Hall–Kier alpha value is -0.710. The fourth-order valence-corrected chi connectivity index (χ4v) is 3.21. The van der Waals surface area contributed by atoms with Crippen molar-refractivity contribution in [3.63, 3.8) is 0 Å². The highest BCUT2D eigenvalue weighted by Crippen LogP contribution is 2.27. The van der Waals surface area contributed by atoms with Gasteiger partial charge < -0.3 is 5.73 Å². The van der Waals surface area contributed by atoms with Crippen LogP contribution in [0.2, 0.25) is 0 Å². The third kappa shape index (κ3) is 2.76. The summed E-state index contributed by atoms with van der Waals surface area (Å²) in [6, 6.07) is 7.96. The molecule has 90 valence electrons. The van der Waals surface area contributed by atoms with Crippen LogP contribution in [0.15, 0.2) is 28.7 Å². The van der Waals surface area contributed by atoms with Crippen molar-refractivity contribution in [2.45, 2.75) is 26.3 Å². The number of aryl methyl sites for hydroxylation is 2. The van der Waals surface area contributed by atoms with Gasteiger partial charge in [0.1, 0.15) is 5.01 Å². The lowest BCUT2D eigenvalue weighted by molar-refractivity contribution is 0.843. The zero-order chi connectivity index (χ0) is 12.4. The molecule has 1 aromatic carbocycles. The largest absolute Gasteiger partial charge is 0.318 e. The van der Waals surface area contributed by atoms with E-state index in [0.29, 0.717) is 0 Å². The summed E-state index contributed by atoms with van der Waals surface area (Å²) in [4.78, 5) is 5.88. The molecule has 0 spiro atoms. The molecule has 0 fully saturated rings. The van der Waals surface area contributed by atoms with Gasteiger partial charge in [0.15, 0.2) is 0 Å². The molecule has 2 nitrogen and oxygen atoms in total. The van der Waals surface area contributed by atoms with Crippen LogP contribution in [0.4, 0.5) is 0 Å². The molecular formula is C13H15BrN2S. The van der Waals surface area contributed by atoms with Crippen molar-refractivity contribution in [2.75, 3.05) is 0 Å². The summed E-state index contributed by atoms with van der Waals surface area (Å²) >= 11 is 5.16. The van der Waals surface area contributed by atoms with Gasteiger partial charge in [-0.15, -0.1) is 11.3 Å². The molecule has 0 aliphatic carbocycles. The molecule has 0 amide bonds. The second-order valence-electron chi connectivity index (χ2n) is 3.94. The van der Waals surface area contributed by atoms with E-state index in [0.717, 1.165) is 27.2 Å². The molecule has 0 aliphatic heterocycles. The summed E-state index contributed by atoms with van der Waals surface area (Å²) in [7, 11) is 0. The first-order valence-corrected chi connectivity index (χ1v) is 7.20. The zero-order valence-corrected chi connectivity index (χ0v) is 12.3. The monoisotopic (exact) mass is 310 g/mol. The van der Waals surface area contributed by atoms with Crippen LogP contribution >= 0.6 is 27.3 Å². The average Bonchev–Trinajstić information content (AvgIpc) is 2.69. The lowest BCUT2D eigenvalue weighted by Gasteiger charge is -2.08. The second kappa shape index (κ2) is 5.29. The molecule has 0 saturated carbocycles. The topological polar surface area (TPSA) is 38.9 Å². The number of hydrogen-bond acceptors (Lipinski definition) is 3. The third-order valence-corrected chi connectivity index (χ3v) is 4.31. The van der Waals surface area contributed by atoms with E-state index in [-0.39, 0.29) is 6.04 Å². The summed E-state index contributed by atoms with van der Waals surface area (Å²) in [6.45, 7) is 4.23. The van der Waals surface area contributed by atoms with E-state index in [1.165, 1.54) is 4.88 Å². The van der Waals surface area contributed by atoms with Gasteiger partial charge in [-0.1, -0.05) is 35.0 Å². The van der Waals surface area contributed by atoms with Gasteiger partial charge in [0, 0.05) is 9.35 Å². The Morgan fingerprint density at radius 2 is 2.24 bits per heavy atom. The minimum absolute atomic E-state index is 0.128. The number of aromatic nitrogens is 1. The quantitative estimate of drug-likeness (QED) is 0.936. The lowest BCUT2D eigenvalue weighted by atomic mass is 10.1. The van der Waals surface area contributed by atoms with Crippen molar-refractivity contribution in [1.82, 2.24) is 4.98 Å². The molecule has 0 bridgehead atoms. The highest BCUT2D eigenvalue weighted by Gasteiger charge is 2.15. The van der Waals surface area contributed by atoms with E-state index in [2.05, 4.69) is 34.8 Å². The molecule has 1 heterocycles. The van der Waals surface area contributed by atoms with Crippen molar-refractivity contribution >= 4 is 27.3 Å². The van der Waals surface area contributed by atoms with E-state index in [4.69, 9.17) is 5.73 Å². The van der Waals surface area contributed by atoms with Crippen LogP contribution < -0.4 is 5.73 Å². The van der Waals surface area contributed by atoms with Gasteiger partial charge in [0.25, 0.3) is 0 Å². The Bertz CT molecular complexity index is 522. The minimum atomic E-state index is -0.128. The van der Waals surface area contributed by atoms with Crippen molar-refractivity contribution in [2.24, 2.45) is 5.73 Å². The molecular weight excluding hydrogens is 296 g/mol. The SMILES string of the molecule is CCc1nc(C(N)c2cccc(Br)c2)sc1C. The fourth-order valence-electron chi connectivity index (χ4n) is 1.75. The zero-order valence-electron chi connectivity index (χ0n) is 9.90. The number of nitrogens with two attached hydrogens (primary N) is 1. The summed E-state index contributed by atoms with van der Waals surface area (Å²) in [5, 5.41) is 0.998. The van der Waals surface area contributed by atoms with E-state index >= 15 is 0 Å². The Morgan fingerprint density at radius 3 is 2.82 bits per heavy atom. The summed E-state index contributed by atoms with van der Waals surface area (Å²) in [5.74, 6) is 0. The van der Waals surface area contributed by atoms with Crippen LogP contribution in [-0.4, -0.2) is 4.98 Å². The molecule has 0 aliphatic rings. The number of nitrogens with zero attached hydrogens (tertiary/aromatic N) is 1. The average molecular weight is 311 g/mol. The van der Waals surface area contributed by atoms with Gasteiger partial charge in [-0.25, -0.2) is 4.98 Å². The lowest BCUT2D eigenvalue weighted by Crippen LogP contribution is -2.11. The van der Waals surface area contributed by atoms with Crippen molar-refractivity contribution in [3.05, 3.63) is 49.9 Å². The van der Waals surface area contributed by atoms with Crippen LogP contribution in [0.5, 0.6) is 0 Å². The predicted octanol–water partition coefficient (Wildman–Crippen LogP) is 3.82. The van der Waals surface area contributed by atoms with E-state index in [9.17, 15) is 0 Å². The maximum absolute atomic E-state index is 6.25. The Labute approximate surface area is 114 Å². The summed E-state index contributed by atoms with van der Waals surface area (Å²) < 4.78 is 1.05. The van der Waals surface area contributed by atoms with Gasteiger partial charge >= 0.3 is 0 Å². The number of thiazole rings is 1. The maximum atomic E-state index is 6.25. The molecule has 2 N–H and O–H groups in total. The van der Waals surface area contributed by atoms with E-state index in [1.807, 2.05) is 24.3 Å². The van der Waals surface area contributed by atoms with Crippen molar-refractivity contribution < 1.29 is 0 Å². The van der Waals surface area contributed by atoms with Crippen LogP contribution in [0.3, 0.4) is 0 Å². The standard InChI is InChI=1S/C13H15BrN2S/c1-3-11-8(2)17-13(16-11)12(15)9-5-4-6-10(14)7-9/h4-7,12H,3,15H2,1-2H3. The fraction of sp³-hybridized carbons (Fsp3) is 0.308. The smallest absolute Gasteiger partial charge is 0.114 e. The molecule has 0 radical (unpaired) electrons. The highest BCUT2D eigenvalue weighted by atomic mass is 79.9. The minimum Gasteiger partial charge on any atom is -0.318 e. The van der Waals surface area contributed by atoms with Crippen LogP contribution in [-0.2, 0) is 6.42 Å². The molecule has 1 unspecified atom stereocenters. The number of halogens is 1. The Morgan fingerprint density at radius 1 is 1.47 bits per heavy atom. The summed E-state index contributed by atoms with van der Waals surface area (Å²) in [5.41, 5.74) is 8.50. The van der Waals surface area contributed by atoms with E-state index < -0.39 is 0 Å². The van der Waals surface area contributed by atoms with Crippen LogP contribution in [0, 0.1) is 6.92 Å². The van der Waals surface area contributed by atoms with Gasteiger partial charge in [-0.2, -0.15) is 0 Å². The molecule has 1 aromatic heterocycles. The molecule has 2 aromatic rings. The summed E-state index contributed by atoms with van der Waals surface area (Å²) in [6.07, 6.45) is 0.966. The third-order valence-electron chi connectivity index (χ3n) is 2.72. The molecule has 17 heavy (non-hydrogen) atoms.